The Morgan fingerprint density at radius 1 is 0.935 bits per heavy atom. The summed E-state index contributed by atoms with van der Waals surface area (Å²) in [7, 11) is 0. The van der Waals surface area contributed by atoms with E-state index < -0.39 is 0 Å². The number of carbonyl (C=O) groups is 2. The van der Waals surface area contributed by atoms with Gasteiger partial charge in [0.1, 0.15) is 11.5 Å². The second kappa shape index (κ2) is 13.1. The van der Waals surface area contributed by atoms with Crippen molar-refractivity contribution in [3.63, 3.8) is 0 Å². The fourth-order valence-electron chi connectivity index (χ4n) is 3.96. The van der Waals surface area contributed by atoms with Gasteiger partial charge in [-0.25, -0.2) is 0 Å². The molecule has 0 aliphatic heterocycles. The van der Waals surface area contributed by atoms with Crippen LogP contribution < -0.4 is 4.74 Å². The van der Waals surface area contributed by atoms with Crippen molar-refractivity contribution in [1.82, 2.24) is 0 Å². The normalized spacial score (nSPS) is 13.9. The predicted molar refractivity (Wildman–Crippen MR) is 124 cm³/mol. The summed E-state index contributed by atoms with van der Waals surface area (Å²) in [5.41, 5.74) is 0.702. The van der Waals surface area contributed by atoms with Crippen LogP contribution in [0.25, 0.3) is 0 Å². The Labute approximate surface area is 186 Å². The van der Waals surface area contributed by atoms with Crippen molar-refractivity contribution in [2.45, 2.75) is 70.6 Å². The van der Waals surface area contributed by atoms with E-state index in [-0.39, 0.29) is 30.2 Å². The molecule has 1 N–H and O–H groups in total. The van der Waals surface area contributed by atoms with E-state index in [2.05, 4.69) is 13.8 Å². The Kier molecular flexibility index (Phi) is 10.5. The van der Waals surface area contributed by atoms with Crippen LogP contribution in [0.1, 0.15) is 70.8 Å². The molecule has 2 aromatic carbocycles. The van der Waals surface area contributed by atoms with Gasteiger partial charge in [-0.05, 0) is 49.3 Å². The van der Waals surface area contributed by atoms with Gasteiger partial charge in [0.05, 0.1) is 6.42 Å². The minimum Gasteiger partial charge on any atom is -0.427 e. The molecule has 0 heterocycles. The van der Waals surface area contributed by atoms with E-state index in [1.54, 1.807) is 12.1 Å². The number of benzene rings is 2. The Morgan fingerprint density at radius 2 is 1.55 bits per heavy atom. The number of hydrogen-bond acceptors (Lipinski definition) is 4. The predicted octanol–water partition coefficient (Wildman–Crippen LogP) is 5.87. The number of para-hydroxylation sites is 1. The van der Waals surface area contributed by atoms with Gasteiger partial charge in [0, 0.05) is 24.9 Å². The molecule has 0 aromatic heterocycles. The smallest absolute Gasteiger partial charge is 0.312 e. The number of aliphatic hydroxyl groups is 1. The van der Waals surface area contributed by atoms with Gasteiger partial charge < -0.3 is 9.84 Å². The molecule has 0 saturated carbocycles. The molecule has 0 aliphatic carbocycles. The summed E-state index contributed by atoms with van der Waals surface area (Å²) in [4.78, 5) is 25.0. The van der Waals surface area contributed by atoms with Crippen LogP contribution in [-0.2, 0) is 15.0 Å². The second-order valence-electron chi connectivity index (χ2n) is 8.79. The van der Waals surface area contributed by atoms with E-state index in [4.69, 9.17) is 9.84 Å². The molecule has 4 nitrogen and oxygen atoms in total. The van der Waals surface area contributed by atoms with Gasteiger partial charge >= 0.3 is 5.97 Å². The highest BCUT2D eigenvalue weighted by Gasteiger charge is 2.30. The van der Waals surface area contributed by atoms with E-state index in [1.807, 2.05) is 48.5 Å². The Morgan fingerprint density at radius 3 is 2.19 bits per heavy atom. The SMILES string of the molecule is CC(CCO)CCCC(=O)CCCC(C)(CC(=O)Oc1ccccc1)c1ccccc1. The van der Waals surface area contributed by atoms with Crippen molar-refractivity contribution < 1.29 is 19.4 Å². The van der Waals surface area contributed by atoms with E-state index in [0.29, 0.717) is 24.5 Å². The van der Waals surface area contributed by atoms with Crippen LogP contribution in [0.3, 0.4) is 0 Å². The molecule has 2 aromatic rings. The maximum atomic E-state index is 12.6. The lowest BCUT2D eigenvalue weighted by Crippen LogP contribution is -2.28. The second-order valence-corrected chi connectivity index (χ2v) is 8.79. The van der Waals surface area contributed by atoms with Crippen LogP contribution in [0.4, 0.5) is 0 Å². The summed E-state index contributed by atoms with van der Waals surface area (Å²) in [5.74, 6) is 1.02. The molecule has 0 saturated heterocycles. The maximum Gasteiger partial charge on any atom is 0.312 e. The fourth-order valence-corrected chi connectivity index (χ4v) is 3.96. The van der Waals surface area contributed by atoms with Crippen molar-refractivity contribution >= 4 is 11.8 Å². The highest BCUT2D eigenvalue weighted by atomic mass is 16.5. The molecule has 2 rings (SSSR count). The molecule has 0 aliphatic rings. The van der Waals surface area contributed by atoms with E-state index in [0.717, 1.165) is 37.7 Å². The fraction of sp³-hybridized carbons (Fsp3) is 0.481. The summed E-state index contributed by atoms with van der Waals surface area (Å²) in [6.45, 7) is 4.40. The van der Waals surface area contributed by atoms with Gasteiger partial charge in [-0.1, -0.05) is 68.8 Å². The summed E-state index contributed by atoms with van der Waals surface area (Å²) < 4.78 is 5.53. The van der Waals surface area contributed by atoms with Crippen LogP contribution in [0, 0.1) is 5.92 Å². The van der Waals surface area contributed by atoms with Crippen LogP contribution in [-0.4, -0.2) is 23.5 Å². The molecular weight excluding hydrogens is 388 g/mol. The lowest BCUT2D eigenvalue weighted by molar-refractivity contribution is -0.135. The monoisotopic (exact) mass is 424 g/mol. The minimum atomic E-state index is -0.386. The standard InChI is InChI=1S/C27H36O4/c1-22(18-20-28)11-9-14-24(29)15-10-19-27(2,23-12-5-3-6-13-23)21-26(30)31-25-16-7-4-8-17-25/h3-8,12-13,16-17,22,28H,9-11,14-15,18-21H2,1-2H3. The molecule has 2 atom stereocenters. The number of ketones is 1. The maximum absolute atomic E-state index is 12.6. The minimum absolute atomic E-state index is 0.208. The molecule has 0 spiro atoms. The molecule has 0 fully saturated rings. The number of esters is 1. The first-order valence-electron chi connectivity index (χ1n) is 11.4. The molecule has 4 heteroatoms. The largest absolute Gasteiger partial charge is 0.427 e. The molecule has 0 radical (unpaired) electrons. The number of aliphatic hydroxyl groups excluding tert-OH is 1. The first kappa shape index (κ1) is 24.8. The van der Waals surface area contributed by atoms with E-state index in [9.17, 15) is 9.59 Å². The number of carbonyl (C=O) groups excluding carboxylic acids is 2. The van der Waals surface area contributed by atoms with Crippen LogP contribution >= 0.6 is 0 Å². The quantitative estimate of drug-likeness (QED) is 0.304. The highest BCUT2D eigenvalue weighted by molar-refractivity contribution is 5.78. The number of hydrogen-bond donors (Lipinski definition) is 1. The Balaban J connectivity index is 1.90. The molecule has 0 amide bonds. The van der Waals surface area contributed by atoms with Crippen molar-refractivity contribution in [3.05, 3.63) is 66.2 Å². The van der Waals surface area contributed by atoms with Crippen LogP contribution in [0.15, 0.2) is 60.7 Å². The van der Waals surface area contributed by atoms with Crippen LogP contribution in [0.2, 0.25) is 0 Å². The molecule has 168 valence electrons. The first-order valence-corrected chi connectivity index (χ1v) is 11.4. The third-order valence-electron chi connectivity index (χ3n) is 5.94. The van der Waals surface area contributed by atoms with Gasteiger partial charge in [-0.3, -0.25) is 9.59 Å². The average Bonchev–Trinajstić information content (AvgIpc) is 2.75. The zero-order valence-electron chi connectivity index (χ0n) is 18.9. The Bertz CT molecular complexity index is 787. The molecule has 2 unspecified atom stereocenters. The Hall–Kier alpha value is -2.46. The topological polar surface area (TPSA) is 63.6 Å². The van der Waals surface area contributed by atoms with Crippen molar-refractivity contribution in [3.8, 4) is 5.75 Å². The summed E-state index contributed by atoms with van der Waals surface area (Å²) in [6, 6.07) is 19.1. The van der Waals surface area contributed by atoms with E-state index in [1.165, 1.54) is 0 Å². The number of rotatable bonds is 14. The van der Waals surface area contributed by atoms with Gasteiger partial charge in [-0.15, -0.1) is 0 Å². The van der Waals surface area contributed by atoms with Gasteiger partial charge in [0.15, 0.2) is 0 Å². The van der Waals surface area contributed by atoms with E-state index >= 15 is 0 Å². The average molecular weight is 425 g/mol. The third kappa shape index (κ3) is 9.06. The lowest BCUT2D eigenvalue weighted by Gasteiger charge is -2.29. The van der Waals surface area contributed by atoms with Gasteiger partial charge in [0.2, 0.25) is 0 Å². The third-order valence-corrected chi connectivity index (χ3v) is 5.94. The lowest BCUT2D eigenvalue weighted by atomic mass is 9.75. The van der Waals surface area contributed by atoms with Crippen molar-refractivity contribution in [2.75, 3.05) is 6.61 Å². The summed E-state index contributed by atoms with van der Waals surface area (Å²) >= 11 is 0. The zero-order chi connectivity index (χ0) is 22.5. The number of ether oxygens (including phenoxy) is 1. The van der Waals surface area contributed by atoms with Crippen molar-refractivity contribution in [2.24, 2.45) is 5.92 Å². The summed E-state index contributed by atoms with van der Waals surface area (Å²) in [6.07, 6.45) is 5.52. The van der Waals surface area contributed by atoms with Gasteiger partial charge in [-0.2, -0.15) is 0 Å². The zero-order valence-corrected chi connectivity index (χ0v) is 18.9. The van der Waals surface area contributed by atoms with Gasteiger partial charge in [0.25, 0.3) is 0 Å². The molecular formula is C27H36O4. The molecule has 31 heavy (non-hydrogen) atoms. The van der Waals surface area contributed by atoms with Crippen LogP contribution in [0.5, 0.6) is 5.75 Å². The number of Topliss-reactive ketones (excluding diaryl/α,β-unsaturated/α-hetero) is 1. The molecule has 0 bridgehead atoms. The van der Waals surface area contributed by atoms with Crippen molar-refractivity contribution in [1.29, 1.82) is 0 Å². The summed E-state index contributed by atoms with van der Waals surface area (Å²) in [5, 5.41) is 8.98. The first-order chi connectivity index (χ1) is 14.9. The highest BCUT2D eigenvalue weighted by Crippen LogP contribution is 2.34.